The Morgan fingerprint density at radius 3 is 3.00 bits per heavy atom. The summed E-state index contributed by atoms with van der Waals surface area (Å²) in [6.07, 6.45) is 7.79. The molecule has 0 aliphatic heterocycles. The van der Waals surface area contributed by atoms with Gasteiger partial charge in [-0.25, -0.2) is 0 Å². The molecule has 1 fully saturated rings. The zero-order valence-electron chi connectivity index (χ0n) is 9.39. The van der Waals surface area contributed by atoms with Crippen LogP contribution in [0, 0.1) is 0 Å². The molecule has 84 valence electrons. The molecule has 0 amide bonds. The van der Waals surface area contributed by atoms with Crippen molar-refractivity contribution in [1.82, 2.24) is 14.8 Å². The molecule has 1 saturated carbocycles. The lowest BCUT2D eigenvalue weighted by Gasteiger charge is -2.27. The average Bonchev–Trinajstić information content (AvgIpc) is 2.67. The molecule has 15 heavy (non-hydrogen) atoms. The predicted molar refractivity (Wildman–Crippen MR) is 59.5 cm³/mol. The van der Waals surface area contributed by atoms with Crippen LogP contribution in [-0.4, -0.2) is 20.8 Å². The van der Waals surface area contributed by atoms with Crippen LogP contribution in [0.2, 0.25) is 0 Å². The lowest BCUT2D eigenvalue weighted by atomic mass is 9.84. The van der Waals surface area contributed by atoms with Crippen LogP contribution in [-0.2, 0) is 6.54 Å². The van der Waals surface area contributed by atoms with Gasteiger partial charge in [0.15, 0.2) is 0 Å². The van der Waals surface area contributed by atoms with E-state index >= 15 is 0 Å². The van der Waals surface area contributed by atoms with E-state index in [1.54, 1.807) is 0 Å². The van der Waals surface area contributed by atoms with Crippen molar-refractivity contribution in [2.24, 2.45) is 5.73 Å². The van der Waals surface area contributed by atoms with Crippen molar-refractivity contribution in [3.05, 3.63) is 12.2 Å². The first-order valence-corrected chi connectivity index (χ1v) is 5.96. The molecule has 1 aliphatic rings. The van der Waals surface area contributed by atoms with Crippen molar-refractivity contribution in [3.8, 4) is 0 Å². The Kier molecular flexibility index (Phi) is 3.36. The van der Waals surface area contributed by atoms with E-state index in [2.05, 4.69) is 21.7 Å². The van der Waals surface area contributed by atoms with Crippen LogP contribution >= 0.6 is 0 Å². The third kappa shape index (κ3) is 2.20. The Bertz CT molecular complexity index is 307. The van der Waals surface area contributed by atoms with Gasteiger partial charge in [-0.15, -0.1) is 10.2 Å². The van der Waals surface area contributed by atoms with Crippen molar-refractivity contribution in [3.63, 3.8) is 0 Å². The van der Waals surface area contributed by atoms with Crippen molar-refractivity contribution in [1.29, 1.82) is 0 Å². The molecule has 0 spiro atoms. The van der Waals surface area contributed by atoms with E-state index < -0.39 is 0 Å². The molecule has 1 aromatic rings. The molecule has 4 heteroatoms. The Labute approximate surface area is 90.9 Å². The number of hydrogen-bond acceptors (Lipinski definition) is 3. The summed E-state index contributed by atoms with van der Waals surface area (Å²) in [7, 11) is 0. The lowest BCUT2D eigenvalue weighted by Crippen LogP contribution is -2.33. The van der Waals surface area contributed by atoms with Gasteiger partial charge in [0.2, 0.25) is 0 Å². The number of nitrogens with zero attached hydrogens (tertiary/aromatic N) is 3. The van der Waals surface area contributed by atoms with Crippen LogP contribution < -0.4 is 5.73 Å². The third-order valence-electron chi connectivity index (χ3n) is 3.26. The number of rotatable bonds is 3. The molecule has 0 radical (unpaired) electrons. The van der Waals surface area contributed by atoms with Gasteiger partial charge in [0.25, 0.3) is 0 Å². The minimum Gasteiger partial charge on any atom is -0.327 e. The second-order valence-corrected chi connectivity index (χ2v) is 4.44. The van der Waals surface area contributed by atoms with E-state index in [1.807, 2.05) is 6.33 Å². The fourth-order valence-corrected chi connectivity index (χ4v) is 2.44. The Morgan fingerprint density at radius 2 is 2.27 bits per heavy atom. The van der Waals surface area contributed by atoms with Gasteiger partial charge in [-0.2, -0.15) is 0 Å². The predicted octanol–water partition coefficient (Wildman–Crippen LogP) is 1.67. The Hall–Kier alpha value is -0.900. The summed E-state index contributed by atoms with van der Waals surface area (Å²) >= 11 is 0. The summed E-state index contributed by atoms with van der Waals surface area (Å²) in [5.74, 6) is 1.52. The highest BCUT2D eigenvalue weighted by molar-refractivity contribution is 5.03. The quantitative estimate of drug-likeness (QED) is 0.822. The standard InChI is InChI=1S/C11H20N4/c1-2-7-15-8-13-14-11(15)9-5-3-4-6-10(9)12/h8-10H,2-7,12H2,1H3. The van der Waals surface area contributed by atoms with E-state index in [-0.39, 0.29) is 6.04 Å². The summed E-state index contributed by atoms with van der Waals surface area (Å²) in [6, 6.07) is 0.276. The fourth-order valence-electron chi connectivity index (χ4n) is 2.44. The third-order valence-corrected chi connectivity index (χ3v) is 3.26. The van der Waals surface area contributed by atoms with Crippen LogP contribution in [0.4, 0.5) is 0 Å². The van der Waals surface area contributed by atoms with Gasteiger partial charge < -0.3 is 10.3 Å². The van der Waals surface area contributed by atoms with E-state index in [1.165, 1.54) is 19.3 Å². The zero-order chi connectivity index (χ0) is 10.7. The van der Waals surface area contributed by atoms with Gasteiger partial charge in [0, 0.05) is 18.5 Å². The van der Waals surface area contributed by atoms with Crippen molar-refractivity contribution >= 4 is 0 Å². The van der Waals surface area contributed by atoms with Crippen LogP contribution in [0.1, 0.15) is 50.8 Å². The molecule has 2 atom stereocenters. The Morgan fingerprint density at radius 1 is 1.47 bits per heavy atom. The molecule has 1 heterocycles. The summed E-state index contributed by atoms with van der Waals surface area (Å²) in [6.45, 7) is 3.18. The highest BCUT2D eigenvalue weighted by Gasteiger charge is 2.27. The van der Waals surface area contributed by atoms with Gasteiger partial charge in [-0.05, 0) is 19.3 Å². The first-order valence-electron chi connectivity index (χ1n) is 5.96. The molecule has 1 aliphatic carbocycles. The summed E-state index contributed by atoms with van der Waals surface area (Å²) in [5, 5.41) is 8.25. The molecule has 2 N–H and O–H groups in total. The molecular weight excluding hydrogens is 188 g/mol. The number of aromatic nitrogens is 3. The van der Waals surface area contributed by atoms with E-state index in [9.17, 15) is 0 Å². The van der Waals surface area contributed by atoms with Gasteiger partial charge in [-0.1, -0.05) is 19.8 Å². The maximum Gasteiger partial charge on any atom is 0.137 e. The lowest BCUT2D eigenvalue weighted by molar-refractivity contribution is 0.362. The highest BCUT2D eigenvalue weighted by Crippen LogP contribution is 2.30. The van der Waals surface area contributed by atoms with Crippen LogP contribution in [0.5, 0.6) is 0 Å². The second kappa shape index (κ2) is 4.75. The average molecular weight is 208 g/mol. The molecule has 1 aromatic heterocycles. The summed E-state index contributed by atoms with van der Waals surface area (Å²) < 4.78 is 2.16. The highest BCUT2D eigenvalue weighted by atomic mass is 15.3. The monoisotopic (exact) mass is 208 g/mol. The Balaban J connectivity index is 2.15. The SMILES string of the molecule is CCCn1cnnc1C1CCCCC1N. The minimum atomic E-state index is 0.276. The fraction of sp³-hybridized carbons (Fsp3) is 0.818. The maximum atomic E-state index is 6.15. The number of nitrogens with two attached hydrogens (primary N) is 1. The van der Waals surface area contributed by atoms with Gasteiger partial charge >= 0.3 is 0 Å². The maximum absolute atomic E-state index is 6.15. The van der Waals surface area contributed by atoms with Crippen molar-refractivity contribution < 1.29 is 0 Å². The number of hydrogen-bond donors (Lipinski definition) is 1. The molecule has 0 bridgehead atoms. The van der Waals surface area contributed by atoms with Crippen LogP contribution in [0.25, 0.3) is 0 Å². The van der Waals surface area contributed by atoms with Gasteiger partial charge in [0.1, 0.15) is 12.2 Å². The normalized spacial score (nSPS) is 26.8. The van der Waals surface area contributed by atoms with Crippen LogP contribution in [0.15, 0.2) is 6.33 Å². The summed E-state index contributed by atoms with van der Waals surface area (Å²) in [4.78, 5) is 0. The molecule has 0 aromatic carbocycles. The van der Waals surface area contributed by atoms with E-state index in [0.717, 1.165) is 25.2 Å². The van der Waals surface area contributed by atoms with Gasteiger partial charge in [-0.3, -0.25) is 0 Å². The number of aryl methyl sites for hydroxylation is 1. The van der Waals surface area contributed by atoms with Crippen molar-refractivity contribution in [2.75, 3.05) is 0 Å². The van der Waals surface area contributed by atoms with E-state index in [0.29, 0.717) is 5.92 Å². The van der Waals surface area contributed by atoms with Crippen molar-refractivity contribution in [2.45, 2.75) is 57.5 Å². The first kappa shape index (κ1) is 10.6. The first-order chi connectivity index (χ1) is 7.33. The van der Waals surface area contributed by atoms with E-state index in [4.69, 9.17) is 5.73 Å². The second-order valence-electron chi connectivity index (χ2n) is 4.44. The van der Waals surface area contributed by atoms with Crippen LogP contribution in [0.3, 0.4) is 0 Å². The molecular formula is C11H20N4. The topological polar surface area (TPSA) is 56.7 Å². The van der Waals surface area contributed by atoms with Gasteiger partial charge in [0.05, 0.1) is 0 Å². The molecule has 2 unspecified atom stereocenters. The largest absolute Gasteiger partial charge is 0.327 e. The molecule has 2 rings (SSSR count). The molecule has 0 saturated heterocycles. The summed E-state index contributed by atoms with van der Waals surface area (Å²) in [5.41, 5.74) is 6.15. The minimum absolute atomic E-state index is 0.276. The zero-order valence-corrected chi connectivity index (χ0v) is 9.39. The smallest absolute Gasteiger partial charge is 0.137 e. The molecule has 4 nitrogen and oxygen atoms in total.